The third kappa shape index (κ3) is 3.92. The van der Waals surface area contributed by atoms with Gasteiger partial charge >= 0.3 is 0 Å². The Labute approximate surface area is 199 Å². The highest BCUT2D eigenvalue weighted by atomic mass is 35.5. The summed E-state index contributed by atoms with van der Waals surface area (Å²) < 4.78 is 20.3. The van der Waals surface area contributed by atoms with Crippen molar-refractivity contribution in [2.75, 3.05) is 0 Å². The smallest absolute Gasteiger partial charge is 0.264 e. The molecule has 2 atom stereocenters. The number of nitrogens with one attached hydrogen (secondary N) is 1. The minimum Gasteiger partial charge on any atom is -0.508 e. The Morgan fingerprint density at radius 1 is 1.29 bits per heavy atom. The van der Waals surface area contributed by atoms with Crippen LogP contribution >= 0.6 is 11.6 Å². The summed E-state index contributed by atoms with van der Waals surface area (Å²) >= 11 is 6.51. The molecule has 4 aromatic rings. The maximum atomic E-state index is 13.5. The summed E-state index contributed by atoms with van der Waals surface area (Å²) in [7, 11) is 0. The van der Waals surface area contributed by atoms with E-state index in [1.165, 1.54) is 12.1 Å². The van der Waals surface area contributed by atoms with Crippen molar-refractivity contribution in [1.82, 2.24) is 15.0 Å². The van der Waals surface area contributed by atoms with Gasteiger partial charge in [-0.2, -0.15) is 0 Å². The number of carbonyl (C=O) groups is 1. The highest BCUT2D eigenvalue weighted by molar-refractivity contribution is 6.37. The number of fused-ring (bicyclic) bond motifs is 3. The molecule has 1 amide bonds. The second kappa shape index (κ2) is 8.76. The Balaban J connectivity index is 1.44. The van der Waals surface area contributed by atoms with Crippen LogP contribution in [0.3, 0.4) is 0 Å². The molecule has 2 heterocycles. The van der Waals surface area contributed by atoms with Crippen molar-refractivity contribution in [1.29, 1.82) is 0 Å². The average molecular weight is 484 g/mol. The lowest BCUT2D eigenvalue weighted by Gasteiger charge is -2.32. The summed E-state index contributed by atoms with van der Waals surface area (Å²) in [4.78, 5) is 26.2. The Morgan fingerprint density at radius 3 is 2.91 bits per heavy atom. The summed E-state index contributed by atoms with van der Waals surface area (Å²) in [5.74, 6) is -0.632. The lowest BCUT2D eigenvalue weighted by atomic mass is 9.90. The minimum absolute atomic E-state index is 0.0579. The van der Waals surface area contributed by atoms with Crippen LogP contribution in [0.25, 0.3) is 21.8 Å². The van der Waals surface area contributed by atoms with Crippen LogP contribution in [0.5, 0.6) is 5.75 Å². The molecular formula is C25H23ClFN3O4. The van der Waals surface area contributed by atoms with Gasteiger partial charge in [0.1, 0.15) is 28.2 Å². The van der Waals surface area contributed by atoms with Gasteiger partial charge in [0.25, 0.3) is 5.56 Å². The van der Waals surface area contributed by atoms with Crippen molar-refractivity contribution in [2.24, 2.45) is 0 Å². The number of rotatable bonds is 4. The van der Waals surface area contributed by atoms with E-state index < -0.39 is 5.82 Å². The van der Waals surface area contributed by atoms with Crippen LogP contribution in [-0.4, -0.2) is 26.8 Å². The van der Waals surface area contributed by atoms with E-state index in [4.69, 9.17) is 16.1 Å². The summed E-state index contributed by atoms with van der Waals surface area (Å²) in [6.07, 6.45) is 2.89. The highest BCUT2D eigenvalue weighted by Gasteiger charge is 2.29. The zero-order valence-electron chi connectivity index (χ0n) is 18.5. The van der Waals surface area contributed by atoms with Crippen LogP contribution in [0.2, 0.25) is 5.02 Å². The van der Waals surface area contributed by atoms with Crippen LogP contribution < -0.4 is 10.9 Å². The van der Waals surface area contributed by atoms with Gasteiger partial charge in [-0.1, -0.05) is 28.9 Å². The fraction of sp³-hybridized carbons (Fsp3) is 0.320. The zero-order valence-corrected chi connectivity index (χ0v) is 19.2. The Kier molecular flexibility index (Phi) is 5.77. The molecule has 5 rings (SSSR count). The van der Waals surface area contributed by atoms with Gasteiger partial charge in [0.2, 0.25) is 5.91 Å². The molecule has 0 radical (unpaired) electrons. The molecule has 0 spiro atoms. The molecule has 0 bridgehead atoms. The number of carbonyl (C=O) groups excluding carboxylic acids is 1. The minimum atomic E-state index is -0.561. The van der Waals surface area contributed by atoms with Gasteiger partial charge in [0, 0.05) is 29.1 Å². The number of phenols is 1. The molecule has 0 aliphatic heterocycles. The van der Waals surface area contributed by atoms with Crippen molar-refractivity contribution in [2.45, 2.75) is 51.1 Å². The first kappa shape index (κ1) is 22.4. The zero-order chi connectivity index (χ0) is 24.0. The molecule has 1 aliphatic carbocycles. The Morgan fingerprint density at radius 2 is 2.12 bits per heavy atom. The van der Waals surface area contributed by atoms with Gasteiger partial charge in [0.05, 0.1) is 17.0 Å². The number of hydrogen-bond donors (Lipinski definition) is 2. The van der Waals surface area contributed by atoms with Crippen molar-refractivity contribution < 1.29 is 18.8 Å². The summed E-state index contributed by atoms with van der Waals surface area (Å²) in [5, 5.41) is 18.6. The fourth-order valence-electron chi connectivity index (χ4n) is 5.00. The number of pyridine rings is 1. The summed E-state index contributed by atoms with van der Waals surface area (Å²) in [6, 6.07) is 8.73. The monoisotopic (exact) mass is 483 g/mol. The van der Waals surface area contributed by atoms with Gasteiger partial charge in [-0.05, 0) is 50.8 Å². The molecule has 1 fully saturated rings. The van der Waals surface area contributed by atoms with E-state index in [9.17, 15) is 19.1 Å². The standard InChI is InChI=1S/C25H23ClFN3O4/c1-13-22-24(29-34-13)23-18(26)6-3-7-19(23)30(25(22)33)17-5-2-4-16(12-17)28-21(32)10-14-8-9-15(27)11-20(14)31/h3,6-9,11,16-17,31H,2,4-5,10,12H2,1H3,(H,28,32)/t16-,17+/m0/s1. The average Bonchev–Trinajstić information content (AvgIpc) is 3.18. The predicted molar refractivity (Wildman–Crippen MR) is 127 cm³/mol. The van der Waals surface area contributed by atoms with Crippen molar-refractivity contribution in [3.63, 3.8) is 0 Å². The maximum Gasteiger partial charge on any atom is 0.264 e. The largest absolute Gasteiger partial charge is 0.508 e. The van der Waals surface area contributed by atoms with Gasteiger partial charge in [-0.25, -0.2) is 4.39 Å². The number of nitrogens with zero attached hydrogens (tertiary/aromatic N) is 2. The highest BCUT2D eigenvalue weighted by Crippen LogP contribution is 2.35. The molecule has 2 aromatic carbocycles. The molecule has 1 aliphatic rings. The fourth-order valence-corrected chi connectivity index (χ4v) is 5.26. The molecule has 2 N–H and O–H groups in total. The number of phenolic OH excluding ortho intramolecular Hbond substituents is 1. The van der Waals surface area contributed by atoms with Crippen LogP contribution in [0, 0.1) is 12.7 Å². The van der Waals surface area contributed by atoms with Gasteiger partial charge < -0.3 is 19.5 Å². The maximum absolute atomic E-state index is 13.5. The lowest BCUT2D eigenvalue weighted by molar-refractivity contribution is -0.121. The first-order valence-corrected chi connectivity index (χ1v) is 11.6. The molecule has 0 unspecified atom stereocenters. The van der Waals surface area contributed by atoms with E-state index in [1.807, 2.05) is 6.07 Å². The molecule has 176 valence electrons. The van der Waals surface area contributed by atoms with Crippen LogP contribution in [-0.2, 0) is 11.2 Å². The molecule has 0 saturated heterocycles. The molecule has 7 nitrogen and oxygen atoms in total. The van der Waals surface area contributed by atoms with E-state index in [-0.39, 0.29) is 35.7 Å². The first-order chi connectivity index (χ1) is 16.3. The predicted octanol–water partition coefficient (Wildman–Crippen LogP) is 4.79. The van der Waals surface area contributed by atoms with Crippen LogP contribution in [0.4, 0.5) is 4.39 Å². The van der Waals surface area contributed by atoms with Crippen LogP contribution in [0.15, 0.2) is 45.7 Å². The number of aromatic hydroxyl groups is 1. The number of halogens is 2. The topological polar surface area (TPSA) is 97.4 Å². The van der Waals surface area contributed by atoms with E-state index in [0.29, 0.717) is 44.6 Å². The lowest BCUT2D eigenvalue weighted by Crippen LogP contribution is -2.41. The SMILES string of the molecule is Cc1onc2c1c(=O)n([C@@H]1CCC[C@H](NC(=O)Cc3ccc(F)cc3O)C1)c1cccc(Cl)c21. The summed E-state index contributed by atoms with van der Waals surface area (Å²) in [5.41, 5.74) is 1.32. The second-order valence-electron chi connectivity index (χ2n) is 8.81. The third-order valence-corrected chi connectivity index (χ3v) is 6.87. The quantitative estimate of drug-likeness (QED) is 0.435. The first-order valence-electron chi connectivity index (χ1n) is 11.2. The van der Waals surface area contributed by atoms with Gasteiger partial charge in [0.15, 0.2) is 0 Å². The second-order valence-corrected chi connectivity index (χ2v) is 9.21. The molecule has 34 heavy (non-hydrogen) atoms. The van der Waals surface area contributed by atoms with Gasteiger partial charge in [-0.15, -0.1) is 0 Å². The molecule has 1 saturated carbocycles. The number of aryl methyl sites for hydroxylation is 1. The number of aromatic nitrogens is 2. The van der Waals surface area contributed by atoms with E-state index >= 15 is 0 Å². The normalized spacial score (nSPS) is 18.4. The molecule has 9 heteroatoms. The number of benzene rings is 2. The van der Waals surface area contributed by atoms with Crippen molar-refractivity contribution in [3.8, 4) is 5.75 Å². The number of amides is 1. The Hall–Kier alpha value is -3.39. The number of hydrogen-bond acceptors (Lipinski definition) is 5. The summed E-state index contributed by atoms with van der Waals surface area (Å²) in [6.45, 7) is 1.71. The molecule has 2 aromatic heterocycles. The molecular weight excluding hydrogens is 461 g/mol. The van der Waals surface area contributed by atoms with Gasteiger partial charge in [-0.3, -0.25) is 9.59 Å². The Bertz CT molecular complexity index is 1480. The van der Waals surface area contributed by atoms with Crippen LogP contribution in [0.1, 0.15) is 43.0 Å². The third-order valence-electron chi connectivity index (χ3n) is 6.56. The van der Waals surface area contributed by atoms with Crippen molar-refractivity contribution >= 4 is 39.3 Å². The van der Waals surface area contributed by atoms with Crippen molar-refractivity contribution in [3.05, 3.63) is 68.9 Å². The van der Waals surface area contributed by atoms with E-state index in [0.717, 1.165) is 25.3 Å². The van der Waals surface area contributed by atoms with E-state index in [2.05, 4.69) is 10.5 Å². The van der Waals surface area contributed by atoms with E-state index in [1.54, 1.807) is 23.6 Å².